The third-order valence-electron chi connectivity index (χ3n) is 5.71. The number of carbonyl (C=O) groups is 3. The second-order valence-electron chi connectivity index (χ2n) is 9.99. The van der Waals surface area contributed by atoms with Crippen molar-refractivity contribution in [1.29, 1.82) is 0 Å². The minimum atomic E-state index is -4.80. The molecule has 0 saturated heterocycles. The lowest BCUT2D eigenvalue weighted by atomic mass is 10.1. The van der Waals surface area contributed by atoms with Gasteiger partial charge in [-0.3, -0.25) is 4.79 Å². The van der Waals surface area contributed by atoms with Gasteiger partial charge >= 0.3 is 18.2 Å². The number of alkyl halides is 3. The molecule has 3 rings (SSSR count). The van der Waals surface area contributed by atoms with Crippen LogP contribution in [0.5, 0.6) is 0 Å². The van der Waals surface area contributed by atoms with Crippen LogP contribution < -0.4 is 10.2 Å². The summed E-state index contributed by atoms with van der Waals surface area (Å²) < 4.78 is 68.1. The zero-order valence-corrected chi connectivity index (χ0v) is 24.2. The molecule has 0 bridgehead atoms. The predicted octanol–water partition coefficient (Wildman–Crippen LogP) is 5.72. The van der Waals surface area contributed by atoms with Gasteiger partial charge in [-0.1, -0.05) is 30.8 Å². The highest BCUT2D eigenvalue weighted by Crippen LogP contribution is 2.37. The molecule has 2 aromatic carbocycles. The monoisotopic (exact) mass is 611 g/mol. The van der Waals surface area contributed by atoms with Gasteiger partial charge < -0.3 is 24.4 Å². The van der Waals surface area contributed by atoms with Crippen LogP contribution in [0.1, 0.15) is 42.3 Å². The van der Waals surface area contributed by atoms with E-state index in [4.69, 9.17) is 4.74 Å². The highest BCUT2D eigenvalue weighted by molar-refractivity contribution is 7.99. The van der Waals surface area contributed by atoms with Gasteiger partial charge in [0.05, 0.1) is 37.7 Å². The smallest absolute Gasteiger partial charge is 0.468 e. The van der Waals surface area contributed by atoms with Crippen molar-refractivity contribution in [3.63, 3.8) is 0 Å². The number of halogens is 4. The molecule has 0 radical (unpaired) electrons. The first-order valence-corrected chi connectivity index (χ1v) is 13.4. The number of esters is 1. The zero-order valence-electron chi connectivity index (χ0n) is 23.4. The van der Waals surface area contributed by atoms with Crippen LogP contribution in [-0.4, -0.2) is 61.7 Å². The fourth-order valence-electron chi connectivity index (χ4n) is 3.80. The van der Waals surface area contributed by atoms with Gasteiger partial charge in [0.25, 0.3) is 11.8 Å². The first-order valence-electron chi connectivity index (χ1n) is 12.4. The Morgan fingerprint density at radius 2 is 1.76 bits per heavy atom. The lowest BCUT2D eigenvalue weighted by Crippen LogP contribution is -2.50. The summed E-state index contributed by atoms with van der Waals surface area (Å²) in [5.41, 5.74) is -0.445. The molecule has 1 aliphatic heterocycles. The quantitative estimate of drug-likeness (QED) is 0.193. The first-order chi connectivity index (χ1) is 19.5. The average Bonchev–Trinajstić information content (AvgIpc) is 3.01. The van der Waals surface area contributed by atoms with Crippen LogP contribution in [0, 0.1) is 5.82 Å². The number of aliphatic imine (C=N–C) groups is 1. The normalized spacial score (nSPS) is 15.8. The van der Waals surface area contributed by atoms with Gasteiger partial charge in [-0.15, -0.1) is 11.8 Å². The molecular formula is C28H29F4N3O6S. The van der Waals surface area contributed by atoms with Crippen LogP contribution in [0.2, 0.25) is 0 Å². The van der Waals surface area contributed by atoms with Gasteiger partial charge in [-0.05, 0) is 44.0 Å². The Morgan fingerprint density at radius 3 is 2.31 bits per heavy atom. The Hall–Kier alpha value is -4.07. The molecular weight excluding hydrogens is 582 g/mol. The summed E-state index contributed by atoms with van der Waals surface area (Å²) in [6, 6.07) is 7.25. The lowest BCUT2D eigenvalue weighted by molar-refractivity contribution is -0.120. The van der Waals surface area contributed by atoms with Gasteiger partial charge in [-0.25, -0.2) is 19.0 Å². The van der Waals surface area contributed by atoms with Gasteiger partial charge in [0.15, 0.2) is 0 Å². The number of anilines is 1. The van der Waals surface area contributed by atoms with Crippen molar-refractivity contribution < 1.29 is 46.2 Å². The number of hydrogen-bond acceptors (Lipinski definition) is 8. The van der Waals surface area contributed by atoms with Crippen LogP contribution in [0.4, 0.5) is 28.0 Å². The van der Waals surface area contributed by atoms with Crippen LogP contribution in [0.25, 0.3) is 5.70 Å². The van der Waals surface area contributed by atoms with Crippen LogP contribution in [0.3, 0.4) is 0 Å². The number of nitrogens with zero attached hydrogens (tertiary/aromatic N) is 2. The summed E-state index contributed by atoms with van der Waals surface area (Å²) >= 11 is 1.10. The molecule has 0 fully saturated rings. The first kappa shape index (κ1) is 32.4. The Bertz CT molecular complexity index is 1400. The molecule has 9 nitrogen and oxygen atoms in total. The van der Waals surface area contributed by atoms with Crippen molar-refractivity contribution in [3.05, 3.63) is 65.5 Å². The number of alkyl carbamates (subject to hydrolysis) is 1. The van der Waals surface area contributed by atoms with E-state index < -0.39 is 53.1 Å². The molecule has 42 heavy (non-hydrogen) atoms. The van der Waals surface area contributed by atoms with Crippen molar-refractivity contribution in [1.82, 2.24) is 5.32 Å². The summed E-state index contributed by atoms with van der Waals surface area (Å²) in [5, 5.41) is 2.55. The Labute approximate surface area is 243 Å². The van der Waals surface area contributed by atoms with E-state index in [9.17, 15) is 31.9 Å². The number of carbonyl (C=O) groups excluding carboxylic acids is 3. The largest absolute Gasteiger partial charge is 0.478 e. The van der Waals surface area contributed by atoms with Crippen LogP contribution in [0.15, 0.2) is 52.9 Å². The maximum absolute atomic E-state index is 14.8. The molecule has 1 atom stereocenters. The van der Waals surface area contributed by atoms with E-state index in [0.717, 1.165) is 32.0 Å². The number of fused-ring (bicyclic) bond motifs is 1. The van der Waals surface area contributed by atoms with Gasteiger partial charge in [0.2, 0.25) is 0 Å². The van der Waals surface area contributed by atoms with Crippen molar-refractivity contribution >= 4 is 47.0 Å². The SMILES string of the molecule is C=C(N=C(OC)C(F)(F)F)c1ccc(CN2C(=O)[C@@H](NC(=O)OC(C)(C)C)CSc3cc(F)c(C(=O)OC)cc32)cc1. The zero-order chi connectivity index (χ0) is 31.4. The molecule has 1 heterocycles. The van der Waals surface area contributed by atoms with Gasteiger partial charge in [-0.2, -0.15) is 13.2 Å². The summed E-state index contributed by atoms with van der Waals surface area (Å²) in [6.07, 6.45) is -5.63. The number of rotatable bonds is 6. The number of hydrogen-bond donors (Lipinski definition) is 1. The number of ether oxygens (including phenoxy) is 3. The van der Waals surface area contributed by atoms with E-state index in [0.29, 0.717) is 10.5 Å². The molecule has 2 aromatic rings. The minimum absolute atomic E-state index is 0.0381. The topological polar surface area (TPSA) is 107 Å². The van der Waals surface area contributed by atoms with Crippen LogP contribution >= 0.6 is 11.8 Å². The third kappa shape index (κ3) is 8.02. The molecule has 0 spiro atoms. The second-order valence-corrected chi connectivity index (χ2v) is 11.0. The van der Waals surface area contributed by atoms with E-state index in [1.54, 1.807) is 32.9 Å². The Kier molecular flexibility index (Phi) is 9.92. The molecule has 14 heteroatoms. The molecule has 0 aliphatic carbocycles. The summed E-state index contributed by atoms with van der Waals surface area (Å²) in [6.45, 7) is 8.46. The number of methoxy groups -OCH3 is 2. The van der Waals surface area contributed by atoms with Crippen molar-refractivity contribution in [3.8, 4) is 0 Å². The molecule has 0 saturated carbocycles. The highest BCUT2D eigenvalue weighted by Gasteiger charge is 2.38. The second kappa shape index (κ2) is 12.8. The number of thioether (sulfide) groups is 1. The number of benzene rings is 2. The Balaban J connectivity index is 1.98. The molecule has 0 unspecified atom stereocenters. The van der Waals surface area contributed by atoms with E-state index >= 15 is 0 Å². The maximum Gasteiger partial charge on any atom is 0.468 e. The summed E-state index contributed by atoms with van der Waals surface area (Å²) in [4.78, 5) is 43.5. The van der Waals surface area contributed by atoms with Crippen LogP contribution in [-0.2, 0) is 25.5 Å². The maximum atomic E-state index is 14.8. The van der Waals surface area contributed by atoms with E-state index in [-0.39, 0.29) is 29.2 Å². The van der Waals surface area contributed by atoms with Crippen molar-refractivity contribution in [2.45, 2.75) is 50.0 Å². The number of nitrogens with one attached hydrogen (secondary N) is 1. The fourth-order valence-corrected chi connectivity index (χ4v) is 4.88. The minimum Gasteiger partial charge on any atom is -0.478 e. The lowest BCUT2D eigenvalue weighted by Gasteiger charge is -2.27. The highest BCUT2D eigenvalue weighted by atomic mass is 32.2. The van der Waals surface area contributed by atoms with Crippen molar-refractivity contribution in [2.75, 3.05) is 24.9 Å². The molecule has 226 valence electrons. The van der Waals surface area contributed by atoms with Gasteiger partial charge in [0, 0.05) is 10.6 Å². The van der Waals surface area contributed by atoms with Crippen molar-refractivity contribution in [2.24, 2.45) is 4.99 Å². The summed E-state index contributed by atoms with van der Waals surface area (Å²) in [7, 11) is 1.94. The van der Waals surface area contributed by atoms with E-state index in [1.165, 1.54) is 23.1 Å². The standard InChI is InChI=1S/C28H29F4N3O6S/c1-15(33-25(40-6)28(30,31)32)17-9-7-16(8-10-17)13-35-21-11-18(24(37)39-5)19(29)12-22(21)42-14-20(23(35)36)34-26(38)41-27(2,3)4/h7-12,20H,1,13-14H2,2-6H3,(H,34,38)/t20-/m0/s1. The summed E-state index contributed by atoms with van der Waals surface area (Å²) in [5.74, 6) is -3.79. The molecule has 0 aromatic heterocycles. The molecule has 1 N–H and O–H groups in total. The van der Waals surface area contributed by atoms with E-state index in [2.05, 4.69) is 26.4 Å². The Morgan fingerprint density at radius 1 is 1.12 bits per heavy atom. The molecule has 2 amide bonds. The fraction of sp³-hybridized carbons (Fsp3) is 0.357. The third-order valence-corrected chi connectivity index (χ3v) is 6.84. The molecule has 1 aliphatic rings. The van der Waals surface area contributed by atoms with Gasteiger partial charge in [0.1, 0.15) is 17.5 Å². The average molecular weight is 612 g/mol. The predicted molar refractivity (Wildman–Crippen MR) is 149 cm³/mol. The van der Waals surface area contributed by atoms with E-state index in [1.807, 2.05) is 0 Å². The number of amides is 2.